The summed E-state index contributed by atoms with van der Waals surface area (Å²) in [5.41, 5.74) is 1.56. The van der Waals surface area contributed by atoms with E-state index in [-0.39, 0.29) is 24.4 Å². The molecule has 0 bridgehead atoms. The number of amides is 3. The summed E-state index contributed by atoms with van der Waals surface area (Å²) in [5.74, 6) is 0.0782. The Bertz CT molecular complexity index is 1060. The van der Waals surface area contributed by atoms with Crippen LogP contribution < -0.4 is 5.32 Å². The Morgan fingerprint density at radius 3 is 2.33 bits per heavy atom. The van der Waals surface area contributed by atoms with Gasteiger partial charge < -0.3 is 15.1 Å². The molecule has 0 aliphatic rings. The van der Waals surface area contributed by atoms with Gasteiger partial charge >= 0.3 is 6.03 Å². The molecule has 8 heteroatoms. The average Bonchev–Trinajstić information content (AvgIpc) is 3.29. The number of benzene rings is 2. The van der Waals surface area contributed by atoms with Gasteiger partial charge in [-0.2, -0.15) is 0 Å². The molecule has 0 spiro atoms. The molecule has 5 nitrogen and oxygen atoms in total. The number of nitrogens with one attached hydrogen (secondary N) is 1. The zero-order valence-electron chi connectivity index (χ0n) is 18.6. The molecule has 1 N–H and O–H groups in total. The summed E-state index contributed by atoms with van der Waals surface area (Å²) in [6.45, 7) is 5.41. The normalized spacial score (nSPS) is 10.8. The van der Waals surface area contributed by atoms with Crippen LogP contribution in [0, 0.1) is 5.92 Å². The number of hydrogen-bond donors (Lipinski definition) is 1. The zero-order valence-corrected chi connectivity index (χ0v) is 21.0. The minimum Gasteiger partial charge on any atom is -0.332 e. The average molecular weight is 504 g/mol. The quantitative estimate of drug-likeness (QED) is 0.350. The molecule has 0 aliphatic heterocycles. The lowest BCUT2D eigenvalue weighted by Gasteiger charge is -2.29. The van der Waals surface area contributed by atoms with E-state index in [1.54, 1.807) is 39.3 Å². The van der Waals surface area contributed by atoms with Crippen molar-refractivity contribution in [1.29, 1.82) is 0 Å². The highest BCUT2D eigenvalue weighted by atomic mass is 35.5. The van der Waals surface area contributed by atoms with Crippen molar-refractivity contribution in [3.63, 3.8) is 0 Å². The van der Waals surface area contributed by atoms with Crippen LogP contribution in [0.3, 0.4) is 0 Å². The second-order valence-electron chi connectivity index (χ2n) is 8.15. The molecule has 0 atom stereocenters. The SMILES string of the molecule is CC(C)CN(CC(=O)N(Cc1ccccc1)Cc1cccs1)C(=O)Nc1ccc(Cl)c(Cl)c1. The van der Waals surface area contributed by atoms with Gasteiger partial charge in [0.1, 0.15) is 6.54 Å². The highest BCUT2D eigenvalue weighted by Crippen LogP contribution is 2.25. The lowest BCUT2D eigenvalue weighted by Crippen LogP contribution is -2.45. The molecular formula is C25H27Cl2N3O2S. The first-order valence-electron chi connectivity index (χ1n) is 10.7. The van der Waals surface area contributed by atoms with E-state index in [1.807, 2.05) is 61.7 Å². The molecule has 0 aliphatic carbocycles. The first-order chi connectivity index (χ1) is 15.8. The predicted octanol–water partition coefficient (Wildman–Crippen LogP) is 6.77. The number of carbonyl (C=O) groups excluding carboxylic acids is 2. The Morgan fingerprint density at radius 2 is 1.70 bits per heavy atom. The zero-order chi connectivity index (χ0) is 23.8. The van der Waals surface area contributed by atoms with Gasteiger partial charge in [-0.3, -0.25) is 4.79 Å². The van der Waals surface area contributed by atoms with Crippen LogP contribution in [0.4, 0.5) is 10.5 Å². The number of anilines is 1. The molecule has 174 valence electrons. The van der Waals surface area contributed by atoms with E-state index < -0.39 is 0 Å². The number of rotatable bonds is 9. The van der Waals surface area contributed by atoms with E-state index in [0.29, 0.717) is 35.4 Å². The molecule has 33 heavy (non-hydrogen) atoms. The summed E-state index contributed by atoms with van der Waals surface area (Å²) in [7, 11) is 0. The van der Waals surface area contributed by atoms with E-state index in [2.05, 4.69) is 5.32 Å². The number of urea groups is 1. The molecule has 0 unspecified atom stereocenters. The number of halogens is 2. The fraction of sp³-hybridized carbons (Fsp3) is 0.280. The van der Waals surface area contributed by atoms with E-state index in [4.69, 9.17) is 23.2 Å². The van der Waals surface area contributed by atoms with Crippen LogP contribution in [0.15, 0.2) is 66.0 Å². The lowest BCUT2D eigenvalue weighted by atomic mass is 10.2. The number of nitrogens with zero attached hydrogens (tertiary/aromatic N) is 2. The van der Waals surface area contributed by atoms with Crippen molar-refractivity contribution in [3.8, 4) is 0 Å². The lowest BCUT2D eigenvalue weighted by molar-refractivity contribution is -0.133. The van der Waals surface area contributed by atoms with Gasteiger partial charge in [0, 0.05) is 23.7 Å². The summed E-state index contributed by atoms with van der Waals surface area (Å²) >= 11 is 13.7. The van der Waals surface area contributed by atoms with Gasteiger partial charge in [-0.05, 0) is 41.1 Å². The summed E-state index contributed by atoms with van der Waals surface area (Å²) in [4.78, 5) is 30.9. The van der Waals surface area contributed by atoms with E-state index >= 15 is 0 Å². The van der Waals surface area contributed by atoms with E-state index in [9.17, 15) is 9.59 Å². The largest absolute Gasteiger partial charge is 0.332 e. The van der Waals surface area contributed by atoms with Crippen molar-refractivity contribution < 1.29 is 9.59 Å². The summed E-state index contributed by atoms with van der Waals surface area (Å²) < 4.78 is 0. The van der Waals surface area contributed by atoms with Crippen molar-refractivity contribution in [2.45, 2.75) is 26.9 Å². The summed E-state index contributed by atoms with van der Waals surface area (Å²) in [6, 6.07) is 18.4. The Balaban J connectivity index is 1.75. The molecule has 0 fully saturated rings. The monoisotopic (exact) mass is 503 g/mol. The fourth-order valence-electron chi connectivity index (χ4n) is 3.33. The van der Waals surface area contributed by atoms with Crippen LogP contribution in [-0.2, 0) is 17.9 Å². The molecule has 0 saturated carbocycles. The van der Waals surface area contributed by atoms with Crippen LogP contribution in [0.25, 0.3) is 0 Å². The molecule has 0 radical (unpaired) electrons. The second kappa shape index (κ2) is 12.1. The van der Waals surface area contributed by atoms with Gasteiger partial charge in [0.15, 0.2) is 0 Å². The third kappa shape index (κ3) is 7.77. The highest BCUT2D eigenvalue weighted by Gasteiger charge is 2.23. The van der Waals surface area contributed by atoms with Crippen molar-refractivity contribution in [3.05, 3.63) is 86.5 Å². The molecule has 3 aromatic rings. The van der Waals surface area contributed by atoms with Crippen LogP contribution in [0.5, 0.6) is 0 Å². The van der Waals surface area contributed by atoms with Crippen molar-refractivity contribution >= 4 is 52.2 Å². The first kappa shape index (κ1) is 25.1. The van der Waals surface area contributed by atoms with Crippen LogP contribution in [-0.4, -0.2) is 34.8 Å². The molecule has 0 saturated heterocycles. The van der Waals surface area contributed by atoms with Crippen molar-refractivity contribution in [2.24, 2.45) is 5.92 Å². The van der Waals surface area contributed by atoms with Crippen LogP contribution in [0.2, 0.25) is 10.0 Å². The van der Waals surface area contributed by atoms with Crippen molar-refractivity contribution in [2.75, 3.05) is 18.4 Å². The van der Waals surface area contributed by atoms with Gasteiger partial charge in [-0.15, -0.1) is 11.3 Å². The smallest absolute Gasteiger partial charge is 0.322 e. The van der Waals surface area contributed by atoms with Gasteiger partial charge in [0.25, 0.3) is 0 Å². The molecule has 3 amide bonds. The Hall–Kier alpha value is -2.54. The number of hydrogen-bond acceptors (Lipinski definition) is 3. The van der Waals surface area contributed by atoms with Gasteiger partial charge in [-0.25, -0.2) is 4.79 Å². The first-order valence-corrected chi connectivity index (χ1v) is 12.3. The molecule has 1 heterocycles. The van der Waals surface area contributed by atoms with Crippen LogP contribution >= 0.6 is 34.5 Å². The Kier molecular flexibility index (Phi) is 9.18. The summed E-state index contributed by atoms with van der Waals surface area (Å²) in [5, 5.41) is 5.59. The molecule has 2 aromatic carbocycles. The maximum atomic E-state index is 13.4. The number of carbonyl (C=O) groups is 2. The maximum absolute atomic E-state index is 13.4. The minimum atomic E-state index is -0.355. The second-order valence-corrected chi connectivity index (χ2v) is 9.99. The van der Waals surface area contributed by atoms with Gasteiger partial charge in [0.05, 0.1) is 16.6 Å². The molecular weight excluding hydrogens is 477 g/mol. The van der Waals surface area contributed by atoms with E-state index in [1.165, 1.54) is 0 Å². The molecule has 1 aromatic heterocycles. The Labute approximate surface area is 208 Å². The topological polar surface area (TPSA) is 52.7 Å². The number of thiophene rings is 1. The van der Waals surface area contributed by atoms with Gasteiger partial charge in [-0.1, -0.05) is 73.4 Å². The third-order valence-corrected chi connectivity index (χ3v) is 6.47. The summed E-state index contributed by atoms with van der Waals surface area (Å²) in [6.07, 6.45) is 0. The van der Waals surface area contributed by atoms with Gasteiger partial charge in [0.2, 0.25) is 5.91 Å². The standard InChI is InChI=1S/C25H27Cl2N3O2S/c1-18(2)14-30(25(32)28-20-10-11-22(26)23(27)13-20)17-24(31)29(16-21-9-6-12-33-21)15-19-7-4-3-5-8-19/h3-13,18H,14-17H2,1-2H3,(H,28,32). The maximum Gasteiger partial charge on any atom is 0.322 e. The van der Waals surface area contributed by atoms with Crippen molar-refractivity contribution in [1.82, 2.24) is 9.80 Å². The Morgan fingerprint density at radius 1 is 0.939 bits per heavy atom. The third-order valence-electron chi connectivity index (χ3n) is 4.87. The molecule has 3 rings (SSSR count). The van der Waals surface area contributed by atoms with Crippen LogP contribution in [0.1, 0.15) is 24.3 Å². The van der Waals surface area contributed by atoms with E-state index in [0.717, 1.165) is 10.4 Å². The fourth-order valence-corrected chi connectivity index (χ4v) is 4.34. The minimum absolute atomic E-state index is 0.0243. The predicted molar refractivity (Wildman–Crippen MR) is 137 cm³/mol. The highest BCUT2D eigenvalue weighted by molar-refractivity contribution is 7.09.